The van der Waals surface area contributed by atoms with Crippen molar-refractivity contribution in [3.05, 3.63) is 172 Å². The van der Waals surface area contributed by atoms with E-state index in [4.69, 9.17) is 36.7 Å². The number of carbonyl (C=O) groups excluding carboxylic acids is 3. The number of alkyl halides is 2. The number of likely N-dealkylation sites (N-methyl/N-ethyl adjacent to an activating group) is 1. The van der Waals surface area contributed by atoms with E-state index in [2.05, 4.69) is 35.9 Å². The molecule has 0 saturated carbocycles. The standard InChI is InChI=1S/C23H19F3N4O2.C16H11BrF2O3.C5H5BFNO2.C2H7N3/c1-30-21(31)23(29-22(30)27,14-4-7-16(8-5-14)32-12-10-24)15-6-9-19(25)18(13-15)17-3-2-11-28-20(17)26;17-13-9-11(3-6-14(13)19)16(21)15(20)10-1-4-12(5-2-10)22-8-7-18;7-5-4(6(9)10)2-1-3-8-5;1-5-2(3)4/h2-9,11,13H,10,12H2,1H3,(H2,27,29);1-6,9H,7-8H2;1-3,9-10H;1H3,(H4,3,4,5). The molecule has 6 aromatic rings. The Kier molecular flexibility index (Phi) is 19.9. The lowest BCUT2D eigenvalue weighted by molar-refractivity contribution is -0.129. The number of rotatable bonds is 13. The zero-order valence-electron chi connectivity index (χ0n) is 36.5. The Balaban J connectivity index is 0.000000240. The molecule has 0 spiro atoms. The molecule has 0 aliphatic carbocycles. The molecule has 4 aromatic carbocycles. The van der Waals surface area contributed by atoms with Gasteiger partial charge in [-0.3, -0.25) is 24.3 Å². The van der Waals surface area contributed by atoms with E-state index >= 15 is 0 Å². The van der Waals surface area contributed by atoms with Crippen LogP contribution in [0.25, 0.3) is 11.1 Å². The van der Waals surface area contributed by atoms with Crippen LogP contribution in [0.2, 0.25) is 0 Å². The molecular weight excluding hydrogens is 981 g/mol. The summed E-state index contributed by atoms with van der Waals surface area (Å²) in [6, 6.07) is 25.3. The van der Waals surface area contributed by atoms with E-state index in [0.29, 0.717) is 22.6 Å². The van der Waals surface area contributed by atoms with Crippen molar-refractivity contribution in [1.29, 1.82) is 0 Å². The number of nitrogens with two attached hydrogens (primary N) is 3. The second kappa shape index (κ2) is 25.5. The predicted octanol–water partition coefficient (Wildman–Crippen LogP) is 5.20. The molecule has 7 rings (SSSR count). The van der Waals surface area contributed by atoms with Crippen LogP contribution < -0.4 is 32.1 Å². The van der Waals surface area contributed by atoms with Crippen LogP contribution in [0.5, 0.6) is 11.5 Å². The first kappa shape index (κ1) is 54.0. The number of benzene rings is 4. The maximum atomic E-state index is 14.7. The summed E-state index contributed by atoms with van der Waals surface area (Å²) < 4.78 is 89.3. The number of halogens is 7. The van der Waals surface area contributed by atoms with Crippen molar-refractivity contribution in [2.45, 2.75) is 5.54 Å². The average Bonchev–Trinajstić information content (AvgIpc) is 3.58. The highest BCUT2D eigenvalue weighted by molar-refractivity contribution is 9.10. The molecule has 360 valence electrons. The van der Waals surface area contributed by atoms with Crippen molar-refractivity contribution in [2.24, 2.45) is 27.2 Å². The summed E-state index contributed by atoms with van der Waals surface area (Å²) in [5, 5.41) is 17.0. The third-order valence-corrected chi connectivity index (χ3v) is 10.1. The van der Waals surface area contributed by atoms with Crippen molar-refractivity contribution in [3.8, 4) is 22.6 Å². The second-order valence-electron chi connectivity index (χ2n) is 13.9. The molecular formula is C46H42BBrF6N8O7. The maximum Gasteiger partial charge on any atom is 0.493 e. The Morgan fingerprint density at radius 3 is 1.72 bits per heavy atom. The van der Waals surface area contributed by atoms with Gasteiger partial charge in [-0.1, -0.05) is 24.3 Å². The van der Waals surface area contributed by atoms with Gasteiger partial charge in [-0.25, -0.2) is 32.5 Å². The van der Waals surface area contributed by atoms with E-state index in [1.54, 1.807) is 24.3 Å². The zero-order valence-corrected chi connectivity index (χ0v) is 38.1. The Morgan fingerprint density at radius 1 is 0.739 bits per heavy atom. The van der Waals surface area contributed by atoms with E-state index in [1.807, 2.05) is 0 Å². The molecule has 1 aliphatic heterocycles. The zero-order chi connectivity index (χ0) is 50.8. The highest BCUT2D eigenvalue weighted by atomic mass is 79.9. The SMILES string of the molecule is CN1C(=O)C(c2ccc(OCCF)cc2)(c2ccc(F)c(-c3cccnc3F)c2)N=C1N.CN=C(N)N.O=C(C(=O)c1ccc(F)c(Br)c1)c1ccc(OCCF)cc1.OB(O)c1cccnc1F. The van der Waals surface area contributed by atoms with Crippen LogP contribution >= 0.6 is 15.9 Å². The van der Waals surface area contributed by atoms with E-state index < -0.39 is 67.0 Å². The number of ether oxygens (including phenoxy) is 2. The molecule has 1 unspecified atom stereocenters. The summed E-state index contributed by atoms with van der Waals surface area (Å²) in [6.07, 6.45) is 2.50. The number of Topliss-reactive ketones (excluding diaryl/α,β-unsaturated/α-hetero) is 2. The van der Waals surface area contributed by atoms with Crippen molar-refractivity contribution < 1.29 is 60.2 Å². The van der Waals surface area contributed by atoms with Crippen molar-refractivity contribution in [1.82, 2.24) is 14.9 Å². The van der Waals surface area contributed by atoms with Crippen LogP contribution in [-0.2, 0) is 10.3 Å². The van der Waals surface area contributed by atoms with Crippen molar-refractivity contribution in [3.63, 3.8) is 0 Å². The molecule has 23 heteroatoms. The molecule has 0 radical (unpaired) electrons. The molecule has 15 nitrogen and oxygen atoms in total. The Hall–Kier alpha value is -7.63. The van der Waals surface area contributed by atoms with Gasteiger partial charge in [0.2, 0.25) is 23.5 Å². The highest BCUT2D eigenvalue weighted by Crippen LogP contribution is 2.41. The minimum absolute atomic E-state index is 0.0220. The molecule has 69 heavy (non-hydrogen) atoms. The normalized spacial score (nSPS) is 13.5. The van der Waals surface area contributed by atoms with Gasteiger partial charge in [0.15, 0.2) is 17.5 Å². The Morgan fingerprint density at radius 2 is 1.25 bits per heavy atom. The van der Waals surface area contributed by atoms with Crippen molar-refractivity contribution >= 4 is 57.9 Å². The smallest absolute Gasteiger partial charge is 0.491 e. The summed E-state index contributed by atoms with van der Waals surface area (Å²) in [7, 11) is 1.23. The summed E-state index contributed by atoms with van der Waals surface area (Å²) in [6.45, 7) is -1.43. The van der Waals surface area contributed by atoms with Gasteiger partial charge >= 0.3 is 7.12 Å². The molecule has 1 aliphatic rings. The van der Waals surface area contributed by atoms with Gasteiger partial charge in [0, 0.05) is 54.2 Å². The summed E-state index contributed by atoms with van der Waals surface area (Å²) in [4.78, 5) is 53.4. The molecule has 0 bridgehead atoms. The third-order valence-electron chi connectivity index (χ3n) is 9.47. The van der Waals surface area contributed by atoms with Gasteiger partial charge in [-0.2, -0.15) is 8.78 Å². The molecule has 3 heterocycles. The minimum Gasteiger partial charge on any atom is -0.491 e. The van der Waals surface area contributed by atoms with E-state index in [9.17, 15) is 40.7 Å². The van der Waals surface area contributed by atoms with Crippen molar-refractivity contribution in [2.75, 3.05) is 40.7 Å². The number of aliphatic imine (C=N–C) groups is 2. The molecule has 0 fully saturated rings. The third kappa shape index (κ3) is 14.0. The van der Waals surface area contributed by atoms with Gasteiger partial charge in [-0.05, 0) is 112 Å². The first-order valence-corrected chi connectivity index (χ1v) is 20.8. The predicted molar refractivity (Wildman–Crippen MR) is 249 cm³/mol. The van der Waals surface area contributed by atoms with E-state index in [0.717, 1.165) is 12.1 Å². The van der Waals surface area contributed by atoms with Crippen LogP contribution in [0.1, 0.15) is 31.8 Å². The number of hydrogen-bond donors (Lipinski definition) is 5. The fourth-order valence-corrected chi connectivity index (χ4v) is 6.40. The Bertz CT molecular complexity index is 2790. The van der Waals surface area contributed by atoms with Crippen LogP contribution in [0.4, 0.5) is 26.3 Å². The summed E-state index contributed by atoms with van der Waals surface area (Å²) >= 11 is 2.97. The number of amides is 1. The van der Waals surface area contributed by atoms with Crippen LogP contribution in [0.3, 0.4) is 0 Å². The number of aromatic nitrogens is 2. The monoisotopic (exact) mass is 1020 g/mol. The van der Waals surface area contributed by atoms with Crippen LogP contribution in [0, 0.1) is 23.5 Å². The van der Waals surface area contributed by atoms with E-state index in [1.165, 1.54) is 104 Å². The van der Waals surface area contributed by atoms with Gasteiger partial charge in [0.1, 0.15) is 49.7 Å². The van der Waals surface area contributed by atoms with Crippen LogP contribution in [-0.4, -0.2) is 102 Å². The lowest BCUT2D eigenvalue weighted by Gasteiger charge is -2.27. The first-order valence-electron chi connectivity index (χ1n) is 20.0. The van der Waals surface area contributed by atoms with E-state index in [-0.39, 0.29) is 57.3 Å². The van der Waals surface area contributed by atoms with Gasteiger partial charge in [0.05, 0.1) is 4.47 Å². The minimum atomic E-state index is -1.78. The molecule has 1 amide bonds. The molecule has 2 aromatic heterocycles. The fraction of sp³-hybridized carbons (Fsp3) is 0.152. The topological polar surface area (TPSA) is 242 Å². The number of carbonyl (C=O) groups is 3. The average molecular weight is 1020 g/mol. The fourth-order valence-electron chi connectivity index (χ4n) is 6.03. The van der Waals surface area contributed by atoms with Gasteiger partial charge < -0.3 is 36.7 Å². The highest BCUT2D eigenvalue weighted by Gasteiger charge is 2.49. The molecule has 8 N–H and O–H groups in total. The Labute approximate surface area is 399 Å². The molecule has 1 atom stereocenters. The maximum absolute atomic E-state index is 14.7. The lowest BCUT2D eigenvalue weighted by atomic mass is 9.81. The number of guanidine groups is 2. The number of hydrogen-bond acceptors (Lipinski definition) is 12. The summed E-state index contributed by atoms with van der Waals surface area (Å²) in [5.74, 6) is -3.87. The second-order valence-corrected chi connectivity index (χ2v) is 14.8. The van der Waals surface area contributed by atoms with Crippen LogP contribution in [0.15, 0.2) is 136 Å². The van der Waals surface area contributed by atoms with Gasteiger partial charge in [-0.15, -0.1) is 0 Å². The molecule has 0 saturated heterocycles. The quantitative estimate of drug-likeness (QED) is 0.0191. The summed E-state index contributed by atoms with van der Waals surface area (Å²) in [5.41, 5.74) is 14.7. The number of pyridine rings is 2. The first-order chi connectivity index (χ1) is 32.9. The number of nitrogens with zero attached hydrogens (tertiary/aromatic N) is 5. The lowest BCUT2D eigenvalue weighted by Crippen LogP contribution is -2.41. The number of ketones is 2. The largest absolute Gasteiger partial charge is 0.493 e. The van der Waals surface area contributed by atoms with Gasteiger partial charge in [0.25, 0.3) is 5.91 Å².